The van der Waals surface area contributed by atoms with Gasteiger partial charge in [0.15, 0.2) is 0 Å². The number of allylic oxidation sites excluding steroid dienone is 2. The number of ether oxygens (including phenoxy) is 2. The van der Waals surface area contributed by atoms with Crippen molar-refractivity contribution in [2.75, 3.05) is 50.2 Å². The van der Waals surface area contributed by atoms with Gasteiger partial charge in [0.1, 0.15) is 5.70 Å². The van der Waals surface area contributed by atoms with Crippen LogP contribution in [0.25, 0.3) is 0 Å². The molecule has 1 fully saturated rings. The Morgan fingerprint density at radius 3 is 1.97 bits per heavy atom. The molecule has 1 amide bonds. The summed E-state index contributed by atoms with van der Waals surface area (Å²) in [5.74, 6) is -1.23. The highest BCUT2D eigenvalue weighted by Gasteiger charge is 2.28. The fourth-order valence-electron chi connectivity index (χ4n) is 4.24. The second-order valence-corrected chi connectivity index (χ2v) is 8.48. The van der Waals surface area contributed by atoms with E-state index < -0.39 is 11.9 Å². The van der Waals surface area contributed by atoms with Crippen LogP contribution in [-0.4, -0.2) is 63.1 Å². The van der Waals surface area contributed by atoms with Crippen molar-refractivity contribution < 1.29 is 23.9 Å². The number of aryl methyl sites for hydroxylation is 1. The second-order valence-electron chi connectivity index (χ2n) is 8.48. The first-order valence-electron chi connectivity index (χ1n) is 11.7. The molecule has 0 aliphatic carbocycles. The number of nitrogens with zero attached hydrogens (tertiary/aromatic N) is 3. The number of benzene rings is 2. The van der Waals surface area contributed by atoms with Crippen LogP contribution >= 0.6 is 0 Å². The Morgan fingerprint density at radius 2 is 1.36 bits per heavy atom. The molecule has 0 saturated carbocycles. The van der Waals surface area contributed by atoms with Gasteiger partial charge in [-0.3, -0.25) is 4.79 Å². The van der Waals surface area contributed by atoms with E-state index in [0.717, 1.165) is 11.3 Å². The Hall–Kier alpha value is -4.33. The van der Waals surface area contributed by atoms with Crippen molar-refractivity contribution >= 4 is 29.2 Å². The van der Waals surface area contributed by atoms with E-state index in [-0.39, 0.29) is 17.2 Å². The van der Waals surface area contributed by atoms with E-state index in [9.17, 15) is 14.4 Å². The standard InChI is InChI=1S/C28H29N3O5/c1-20-7-9-21(10-8-20)26(32)30-18-16-29(17-19-30)22-11-13-23(14-12-22)31-15-5-4-6-24(27(33)35-2)25(31)28(34)36-3/h4-15H,16-19H2,1-3H3. The van der Waals surface area contributed by atoms with Crippen molar-refractivity contribution in [3.8, 4) is 0 Å². The maximum Gasteiger partial charge on any atom is 0.355 e. The quantitative estimate of drug-likeness (QED) is 0.598. The van der Waals surface area contributed by atoms with Crippen molar-refractivity contribution in [2.24, 2.45) is 0 Å². The number of methoxy groups -OCH3 is 2. The van der Waals surface area contributed by atoms with Gasteiger partial charge in [0.2, 0.25) is 0 Å². The van der Waals surface area contributed by atoms with Crippen molar-refractivity contribution in [1.82, 2.24) is 4.90 Å². The molecule has 0 unspecified atom stereocenters. The summed E-state index contributed by atoms with van der Waals surface area (Å²) in [6.45, 7) is 4.69. The lowest BCUT2D eigenvalue weighted by atomic mass is 10.1. The molecule has 1 saturated heterocycles. The van der Waals surface area contributed by atoms with Gasteiger partial charge in [-0.05, 0) is 55.5 Å². The van der Waals surface area contributed by atoms with Crippen LogP contribution in [0.4, 0.5) is 11.4 Å². The molecule has 0 N–H and O–H groups in total. The molecule has 36 heavy (non-hydrogen) atoms. The lowest BCUT2D eigenvalue weighted by Gasteiger charge is -2.36. The average Bonchev–Trinajstić information content (AvgIpc) is 3.15. The van der Waals surface area contributed by atoms with Crippen LogP contribution < -0.4 is 9.80 Å². The Balaban J connectivity index is 1.49. The number of amides is 1. The predicted molar refractivity (Wildman–Crippen MR) is 138 cm³/mol. The Labute approximate surface area is 210 Å². The summed E-state index contributed by atoms with van der Waals surface area (Å²) in [7, 11) is 2.54. The molecule has 0 aromatic heterocycles. The molecular weight excluding hydrogens is 458 g/mol. The molecule has 0 spiro atoms. The predicted octanol–water partition coefficient (Wildman–Crippen LogP) is 3.45. The van der Waals surface area contributed by atoms with Gasteiger partial charge < -0.3 is 24.2 Å². The molecule has 2 aromatic carbocycles. The summed E-state index contributed by atoms with van der Waals surface area (Å²) in [6.07, 6.45) is 6.63. The summed E-state index contributed by atoms with van der Waals surface area (Å²) in [6, 6.07) is 15.3. The first-order chi connectivity index (χ1) is 17.4. The maximum absolute atomic E-state index is 12.8. The number of hydrogen-bond donors (Lipinski definition) is 0. The highest BCUT2D eigenvalue weighted by atomic mass is 16.5. The van der Waals surface area contributed by atoms with Crippen LogP contribution in [0.1, 0.15) is 15.9 Å². The SMILES string of the molecule is COC(=O)C1=C(C(=O)OC)N(c2ccc(N3CCN(C(=O)c4ccc(C)cc4)CC3)cc2)C=CC=C1. The third-order valence-electron chi connectivity index (χ3n) is 6.25. The summed E-state index contributed by atoms with van der Waals surface area (Å²) >= 11 is 0. The van der Waals surface area contributed by atoms with E-state index in [2.05, 4.69) is 4.90 Å². The van der Waals surface area contributed by atoms with Gasteiger partial charge in [0.25, 0.3) is 5.91 Å². The fourth-order valence-corrected chi connectivity index (χ4v) is 4.24. The lowest BCUT2D eigenvalue weighted by molar-refractivity contribution is -0.139. The molecule has 0 radical (unpaired) electrons. The van der Waals surface area contributed by atoms with Gasteiger partial charge >= 0.3 is 11.9 Å². The zero-order valence-corrected chi connectivity index (χ0v) is 20.6. The number of piperazine rings is 1. The minimum Gasteiger partial charge on any atom is -0.465 e. The lowest BCUT2D eigenvalue weighted by Crippen LogP contribution is -2.48. The van der Waals surface area contributed by atoms with Crippen LogP contribution in [0.5, 0.6) is 0 Å². The van der Waals surface area contributed by atoms with Gasteiger partial charge in [-0.2, -0.15) is 0 Å². The molecule has 2 aliphatic rings. The van der Waals surface area contributed by atoms with E-state index >= 15 is 0 Å². The topological polar surface area (TPSA) is 79.4 Å². The van der Waals surface area contributed by atoms with E-state index in [1.165, 1.54) is 20.3 Å². The molecule has 2 aromatic rings. The third kappa shape index (κ3) is 5.17. The summed E-state index contributed by atoms with van der Waals surface area (Å²) in [5.41, 5.74) is 3.71. The van der Waals surface area contributed by atoms with Crippen LogP contribution in [0.3, 0.4) is 0 Å². The molecule has 186 valence electrons. The zero-order chi connectivity index (χ0) is 25.7. The molecular formula is C28H29N3O5. The zero-order valence-electron chi connectivity index (χ0n) is 20.6. The van der Waals surface area contributed by atoms with E-state index in [1.807, 2.05) is 60.4 Å². The van der Waals surface area contributed by atoms with Gasteiger partial charge in [0.05, 0.1) is 19.8 Å². The summed E-state index contributed by atoms with van der Waals surface area (Å²) in [5, 5.41) is 0. The highest BCUT2D eigenvalue weighted by Crippen LogP contribution is 2.28. The summed E-state index contributed by atoms with van der Waals surface area (Å²) < 4.78 is 9.82. The molecule has 8 nitrogen and oxygen atoms in total. The third-order valence-corrected chi connectivity index (χ3v) is 6.25. The number of carbonyl (C=O) groups excluding carboxylic acids is 3. The largest absolute Gasteiger partial charge is 0.465 e. The van der Waals surface area contributed by atoms with Gasteiger partial charge in [-0.1, -0.05) is 23.8 Å². The van der Waals surface area contributed by atoms with Crippen molar-refractivity contribution in [3.05, 3.63) is 95.4 Å². The van der Waals surface area contributed by atoms with Crippen LogP contribution in [0.15, 0.2) is 84.2 Å². The van der Waals surface area contributed by atoms with Crippen molar-refractivity contribution in [3.63, 3.8) is 0 Å². The first kappa shape index (κ1) is 24.8. The monoisotopic (exact) mass is 487 g/mol. The van der Waals surface area contributed by atoms with Gasteiger partial charge in [-0.25, -0.2) is 9.59 Å². The Kier molecular flexibility index (Phi) is 7.53. The number of carbonyl (C=O) groups is 3. The maximum atomic E-state index is 12.8. The van der Waals surface area contributed by atoms with E-state index in [4.69, 9.17) is 9.47 Å². The molecule has 2 aliphatic heterocycles. The fraction of sp³-hybridized carbons (Fsp3) is 0.250. The second kappa shape index (κ2) is 10.9. The van der Waals surface area contributed by atoms with E-state index in [0.29, 0.717) is 37.4 Å². The number of anilines is 2. The number of rotatable bonds is 5. The molecule has 2 heterocycles. The number of hydrogen-bond acceptors (Lipinski definition) is 7. The highest BCUT2D eigenvalue weighted by molar-refractivity contribution is 6.05. The average molecular weight is 488 g/mol. The van der Waals surface area contributed by atoms with Crippen LogP contribution in [0, 0.1) is 6.92 Å². The van der Waals surface area contributed by atoms with Crippen LogP contribution in [0.2, 0.25) is 0 Å². The molecule has 8 heteroatoms. The van der Waals surface area contributed by atoms with Crippen molar-refractivity contribution in [1.29, 1.82) is 0 Å². The summed E-state index contributed by atoms with van der Waals surface area (Å²) in [4.78, 5) is 43.5. The minimum atomic E-state index is -0.648. The Morgan fingerprint density at radius 1 is 0.750 bits per heavy atom. The van der Waals surface area contributed by atoms with Crippen LogP contribution in [-0.2, 0) is 19.1 Å². The molecule has 0 atom stereocenters. The Bertz CT molecular complexity index is 1220. The normalized spacial score (nSPS) is 15.6. The minimum absolute atomic E-state index is 0.0510. The van der Waals surface area contributed by atoms with Gasteiger partial charge in [-0.15, -0.1) is 0 Å². The van der Waals surface area contributed by atoms with Crippen molar-refractivity contribution in [2.45, 2.75) is 6.92 Å². The van der Waals surface area contributed by atoms with E-state index in [1.54, 1.807) is 23.3 Å². The smallest absolute Gasteiger partial charge is 0.355 e. The first-order valence-corrected chi connectivity index (χ1v) is 11.7. The molecule has 4 rings (SSSR count). The van der Waals surface area contributed by atoms with Gasteiger partial charge in [0, 0.05) is 49.3 Å². The number of esters is 2. The molecule has 0 bridgehead atoms.